The zero-order valence-corrected chi connectivity index (χ0v) is 15.9. The van der Waals surface area contributed by atoms with Gasteiger partial charge in [-0.3, -0.25) is 9.59 Å². The Morgan fingerprint density at radius 3 is 2.00 bits per heavy atom. The minimum atomic E-state index is -1.11. The van der Waals surface area contributed by atoms with Crippen LogP contribution < -0.4 is 21.1 Å². The Hall–Kier alpha value is -3.94. The first-order valence-electron chi connectivity index (χ1n) is 9.33. The molecule has 30 heavy (non-hydrogen) atoms. The van der Waals surface area contributed by atoms with E-state index in [-0.39, 0.29) is 5.91 Å². The van der Waals surface area contributed by atoms with Crippen LogP contribution in [0.5, 0.6) is 11.5 Å². The third kappa shape index (κ3) is 4.22. The maximum absolute atomic E-state index is 13.0. The third-order valence-corrected chi connectivity index (χ3v) is 4.82. The molecule has 1 aromatic heterocycles. The van der Waals surface area contributed by atoms with Crippen molar-refractivity contribution in [2.45, 2.75) is 12.8 Å². The van der Waals surface area contributed by atoms with Crippen molar-refractivity contribution in [3.63, 3.8) is 0 Å². The highest BCUT2D eigenvalue weighted by Crippen LogP contribution is 2.47. The molecule has 0 radical (unpaired) electrons. The van der Waals surface area contributed by atoms with E-state index in [1.807, 2.05) is 0 Å². The predicted molar refractivity (Wildman–Crippen MR) is 110 cm³/mol. The number of aromatic nitrogens is 1. The predicted octanol–water partition coefficient (Wildman–Crippen LogP) is 3.95. The average Bonchev–Trinajstić information content (AvgIpc) is 3.53. The minimum absolute atomic E-state index is 0.352. The van der Waals surface area contributed by atoms with Gasteiger partial charge in [0.05, 0.1) is 0 Å². The summed E-state index contributed by atoms with van der Waals surface area (Å²) < 4.78 is 18.7. The van der Waals surface area contributed by atoms with Crippen molar-refractivity contribution in [1.29, 1.82) is 0 Å². The van der Waals surface area contributed by atoms with E-state index >= 15 is 0 Å². The number of anilines is 3. The van der Waals surface area contributed by atoms with Crippen LogP contribution in [0.2, 0.25) is 0 Å². The van der Waals surface area contributed by atoms with Gasteiger partial charge in [0.1, 0.15) is 28.5 Å². The average molecular weight is 406 g/mol. The molecule has 152 valence electrons. The van der Waals surface area contributed by atoms with Crippen LogP contribution in [-0.4, -0.2) is 16.8 Å². The van der Waals surface area contributed by atoms with E-state index < -0.39 is 17.1 Å². The molecule has 7 nitrogen and oxygen atoms in total. The molecule has 1 aliphatic rings. The second-order valence-electron chi connectivity index (χ2n) is 7.04. The number of ether oxygens (including phenoxy) is 1. The summed E-state index contributed by atoms with van der Waals surface area (Å²) in [6.07, 6.45) is 2.46. The van der Waals surface area contributed by atoms with Crippen molar-refractivity contribution >= 4 is 29.0 Å². The number of benzene rings is 2. The second kappa shape index (κ2) is 7.82. The number of hydrogen-bond donors (Lipinski definition) is 3. The second-order valence-corrected chi connectivity index (χ2v) is 7.04. The fraction of sp³-hybridized carbons (Fsp3) is 0.136. The lowest BCUT2D eigenvalue weighted by atomic mass is 10.0. The summed E-state index contributed by atoms with van der Waals surface area (Å²) in [5, 5.41) is 5.45. The number of amides is 2. The molecule has 8 heteroatoms. The lowest BCUT2D eigenvalue weighted by molar-refractivity contribution is -0.131. The van der Waals surface area contributed by atoms with E-state index in [2.05, 4.69) is 15.6 Å². The molecular weight excluding hydrogens is 387 g/mol. The van der Waals surface area contributed by atoms with Gasteiger partial charge in [0.2, 0.25) is 11.8 Å². The SMILES string of the molecule is Nc1cc(Oc2ccc(NC(=O)C3(C(=O)Nc4ccc(F)cc4)CC3)cc2)ccn1. The lowest BCUT2D eigenvalue weighted by Gasteiger charge is -2.16. The summed E-state index contributed by atoms with van der Waals surface area (Å²) in [5.41, 5.74) is 5.50. The standard InChI is InChI=1S/C22H19FN4O3/c23-14-1-3-15(4-2-14)26-20(28)22(10-11-22)21(29)27-16-5-7-17(8-6-16)30-18-9-12-25-19(24)13-18/h1-9,12-13H,10-11H2,(H2,24,25)(H,26,28)(H,27,29). The summed E-state index contributed by atoms with van der Waals surface area (Å²) in [6, 6.07) is 15.5. The van der Waals surface area contributed by atoms with Crippen molar-refractivity contribution < 1.29 is 18.7 Å². The van der Waals surface area contributed by atoms with Gasteiger partial charge >= 0.3 is 0 Å². The quantitative estimate of drug-likeness (QED) is 0.538. The van der Waals surface area contributed by atoms with Crippen LogP contribution in [0.1, 0.15) is 12.8 Å². The van der Waals surface area contributed by atoms with Crippen LogP contribution in [0.15, 0.2) is 66.9 Å². The van der Waals surface area contributed by atoms with Gasteiger partial charge in [0.25, 0.3) is 0 Å². The molecule has 4 N–H and O–H groups in total. The topological polar surface area (TPSA) is 106 Å². The number of pyridine rings is 1. The van der Waals surface area contributed by atoms with Gasteiger partial charge in [-0.1, -0.05) is 0 Å². The number of nitrogen functional groups attached to an aromatic ring is 1. The zero-order valence-electron chi connectivity index (χ0n) is 15.9. The first-order valence-corrected chi connectivity index (χ1v) is 9.33. The van der Waals surface area contributed by atoms with Crippen LogP contribution in [0, 0.1) is 11.2 Å². The smallest absolute Gasteiger partial charge is 0.240 e. The maximum Gasteiger partial charge on any atom is 0.240 e. The summed E-state index contributed by atoms with van der Waals surface area (Å²) in [6.45, 7) is 0. The van der Waals surface area contributed by atoms with E-state index in [9.17, 15) is 14.0 Å². The Morgan fingerprint density at radius 2 is 1.47 bits per heavy atom. The first-order chi connectivity index (χ1) is 14.4. The van der Waals surface area contributed by atoms with Gasteiger partial charge in [0.15, 0.2) is 0 Å². The van der Waals surface area contributed by atoms with E-state index in [1.165, 1.54) is 24.3 Å². The number of nitrogens with zero attached hydrogens (tertiary/aromatic N) is 1. The Balaban J connectivity index is 1.38. The summed E-state index contributed by atoms with van der Waals surface area (Å²) in [5.74, 6) is 0.290. The highest BCUT2D eigenvalue weighted by Gasteiger charge is 2.56. The van der Waals surface area contributed by atoms with Gasteiger partial charge in [0, 0.05) is 23.6 Å². The maximum atomic E-state index is 13.0. The molecule has 0 saturated heterocycles. The Morgan fingerprint density at radius 1 is 0.900 bits per heavy atom. The zero-order chi connectivity index (χ0) is 21.1. The van der Waals surface area contributed by atoms with Crippen molar-refractivity contribution in [3.05, 3.63) is 72.7 Å². The van der Waals surface area contributed by atoms with Crippen molar-refractivity contribution in [3.8, 4) is 11.5 Å². The van der Waals surface area contributed by atoms with Crippen LogP contribution in [0.3, 0.4) is 0 Å². The molecule has 0 spiro atoms. The highest BCUT2D eigenvalue weighted by molar-refractivity contribution is 6.16. The minimum Gasteiger partial charge on any atom is -0.457 e. The third-order valence-electron chi connectivity index (χ3n) is 4.82. The molecule has 0 bridgehead atoms. The van der Waals surface area contributed by atoms with Gasteiger partial charge in [-0.15, -0.1) is 0 Å². The fourth-order valence-electron chi connectivity index (χ4n) is 2.95. The molecule has 0 aliphatic heterocycles. The van der Waals surface area contributed by atoms with Crippen molar-refractivity contribution in [2.24, 2.45) is 5.41 Å². The van der Waals surface area contributed by atoms with Crippen LogP contribution >= 0.6 is 0 Å². The molecule has 4 rings (SSSR count). The summed E-state index contributed by atoms with van der Waals surface area (Å²) in [4.78, 5) is 29.2. The molecule has 1 aliphatic carbocycles. The monoisotopic (exact) mass is 406 g/mol. The van der Waals surface area contributed by atoms with E-state index in [4.69, 9.17) is 10.5 Å². The van der Waals surface area contributed by atoms with Crippen LogP contribution in [-0.2, 0) is 9.59 Å². The molecule has 1 fully saturated rings. The molecule has 0 unspecified atom stereocenters. The number of nitrogens with one attached hydrogen (secondary N) is 2. The number of hydrogen-bond acceptors (Lipinski definition) is 5. The van der Waals surface area contributed by atoms with E-state index in [0.717, 1.165) is 0 Å². The molecule has 0 atom stereocenters. The molecular formula is C22H19FN4O3. The first kappa shape index (κ1) is 19.4. The fourth-order valence-corrected chi connectivity index (χ4v) is 2.95. The van der Waals surface area contributed by atoms with Gasteiger partial charge in [-0.05, 0) is 67.4 Å². The molecule has 1 saturated carbocycles. The van der Waals surface area contributed by atoms with Crippen molar-refractivity contribution in [2.75, 3.05) is 16.4 Å². The summed E-state index contributed by atoms with van der Waals surface area (Å²) in [7, 11) is 0. The van der Waals surface area contributed by atoms with E-state index in [0.29, 0.717) is 41.5 Å². The lowest BCUT2D eigenvalue weighted by Crippen LogP contribution is -2.35. The molecule has 1 heterocycles. The summed E-state index contributed by atoms with van der Waals surface area (Å²) >= 11 is 0. The Kier molecular flexibility index (Phi) is 5.05. The van der Waals surface area contributed by atoms with Crippen LogP contribution in [0.4, 0.5) is 21.6 Å². The van der Waals surface area contributed by atoms with E-state index in [1.54, 1.807) is 42.6 Å². The van der Waals surface area contributed by atoms with Crippen molar-refractivity contribution in [1.82, 2.24) is 4.98 Å². The number of nitrogens with two attached hydrogens (primary N) is 1. The molecule has 3 aromatic rings. The molecule has 2 aromatic carbocycles. The van der Waals surface area contributed by atoms with Crippen LogP contribution in [0.25, 0.3) is 0 Å². The van der Waals surface area contributed by atoms with Gasteiger partial charge in [-0.2, -0.15) is 0 Å². The number of halogens is 1. The molecule has 2 amide bonds. The number of carbonyl (C=O) groups excluding carboxylic acids is 2. The Bertz CT molecular complexity index is 1080. The normalized spacial score (nSPS) is 13.9. The Labute approximate surface area is 172 Å². The number of carbonyl (C=O) groups is 2. The van der Waals surface area contributed by atoms with Gasteiger partial charge < -0.3 is 21.1 Å². The number of rotatable bonds is 6. The van der Waals surface area contributed by atoms with Gasteiger partial charge in [-0.25, -0.2) is 9.37 Å². The largest absolute Gasteiger partial charge is 0.457 e. The highest BCUT2D eigenvalue weighted by atomic mass is 19.1.